The van der Waals surface area contributed by atoms with Crippen molar-refractivity contribution in [2.75, 3.05) is 65.3 Å². The van der Waals surface area contributed by atoms with Crippen LogP contribution >= 0.6 is 0 Å². The fourth-order valence-corrected chi connectivity index (χ4v) is 2.61. The van der Waals surface area contributed by atoms with Gasteiger partial charge in [-0.2, -0.15) is 0 Å². The molecule has 0 radical (unpaired) electrons. The zero-order chi connectivity index (χ0) is 14.4. The molecule has 0 saturated carbocycles. The van der Waals surface area contributed by atoms with E-state index in [1.54, 1.807) is 0 Å². The van der Waals surface area contributed by atoms with Gasteiger partial charge in [0.05, 0.1) is 0 Å². The van der Waals surface area contributed by atoms with Crippen LogP contribution < -0.4 is 10.2 Å². The second kappa shape index (κ2) is 7.57. The summed E-state index contributed by atoms with van der Waals surface area (Å²) in [5.74, 6) is 0. The van der Waals surface area contributed by atoms with E-state index in [0.29, 0.717) is 0 Å². The van der Waals surface area contributed by atoms with E-state index >= 15 is 0 Å². The molecule has 5 heteroatoms. The van der Waals surface area contributed by atoms with Gasteiger partial charge in [0.2, 0.25) is 0 Å². The molecule has 0 aliphatic carbocycles. The number of piperazine rings is 1. The summed E-state index contributed by atoms with van der Waals surface area (Å²) in [6.07, 6.45) is 3.87. The van der Waals surface area contributed by atoms with Gasteiger partial charge in [-0.15, -0.1) is 0 Å². The first kappa shape index (κ1) is 15.2. The van der Waals surface area contributed by atoms with Crippen LogP contribution in [0.3, 0.4) is 0 Å². The molecule has 0 aromatic carbocycles. The summed E-state index contributed by atoms with van der Waals surface area (Å²) in [6, 6.07) is 2.14. The molecule has 1 fully saturated rings. The zero-order valence-corrected chi connectivity index (χ0v) is 13.0. The molecule has 0 bridgehead atoms. The summed E-state index contributed by atoms with van der Waals surface area (Å²) < 4.78 is 0. The number of nitrogens with zero attached hydrogens (tertiary/aromatic N) is 4. The summed E-state index contributed by atoms with van der Waals surface area (Å²) in [6.45, 7) is 7.69. The van der Waals surface area contributed by atoms with Crippen molar-refractivity contribution in [3.63, 3.8) is 0 Å². The molecule has 1 aromatic rings. The van der Waals surface area contributed by atoms with Crippen LogP contribution in [0.4, 0.5) is 5.69 Å². The van der Waals surface area contributed by atoms with Crippen molar-refractivity contribution in [1.82, 2.24) is 20.1 Å². The number of anilines is 1. The molecule has 1 N–H and O–H groups in total. The minimum Gasteiger partial charge on any atom is -0.369 e. The maximum absolute atomic E-state index is 4.24. The lowest BCUT2D eigenvalue weighted by molar-refractivity contribution is 0.229. The maximum Gasteiger partial charge on any atom is 0.0443 e. The van der Waals surface area contributed by atoms with Gasteiger partial charge in [-0.3, -0.25) is 9.88 Å². The van der Waals surface area contributed by atoms with Crippen molar-refractivity contribution in [2.24, 2.45) is 0 Å². The van der Waals surface area contributed by atoms with E-state index in [9.17, 15) is 0 Å². The molecule has 2 rings (SSSR count). The highest BCUT2D eigenvalue weighted by atomic mass is 15.3. The van der Waals surface area contributed by atoms with E-state index in [4.69, 9.17) is 0 Å². The molecule has 1 aliphatic rings. The number of hydrogen-bond donors (Lipinski definition) is 1. The number of likely N-dealkylation sites (N-methyl/N-ethyl adjacent to an activating group) is 1. The van der Waals surface area contributed by atoms with Crippen LogP contribution in [0.25, 0.3) is 0 Å². The van der Waals surface area contributed by atoms with Gasteiger partial charge in [0, 0.05) is 69.5 Å². The van der Waals surface area contributed by atoms with Gasteiger partial charge in [0.15, 0.2) is 0 Å². The number of rotatable bonds is 6. The number of pyridine rings is 1. The largest absolute Gasteiger partial charge is 0.369 e. The molecular weight excluding hydrogens is 250 g/mol. The Morgan fingerprint density at radius 3 is 2.65 bits per heavy atom. The van der Waals surface area contributed by atoms with Gasteiger partial charge in [-0.1, -0.05) is 0 Å². The predicted octanol–water partition coefficient (Wildman–Crippen LogP) is 0.485. The van der Waals surface area contributed by atoms with Crippen molar-refractivity contribution in [1.29, 1.82) is 0 Å². The van der Waals surface area contributed by atoms with Gasteiger partial charge in [0.1, 0.15) is 0 Å². The summed E-state index contributed by atoms with van der Waals surface area (Å²) in [5, 5.41) is 3.22. The molecule has 2 heterocycles. The van der Waals surface area contributed by atoms with E-state index < -0.39 is 0 Å². The Morgan fingerprint density at radius 2 is 2.00 bits per heavy atom. The van der Waals surface area contributed by atoms with E-state index in [0.717, 1.165) is 39.3 Å². The second-order valence-electron chi connectivity index (χ2n) is 5.67. The summed E-state index contributed by atoms with van der Waals surface area (Å²) >= 11 is 0. The van der Waals surface area contributed by atoms with E-state index in [-0.39, 0.29) is 0 Å². The standard InChI is InChI=1S/C15H27N5/c1-16-12-14-13-17-5-4-15(14)20-10-8-19(9-11-20)7-6-18(2)3/h4-5,13,16H,6-12H2,1-3H3. The molecular formula is C15H27N5. The third-order valence-electron chi connectivity index (χ3n) is 3.82. The van der Waals surface area contributed by atoms with Crippen LogP contribution in [-0.2, 0) is 6.54 Å². The third-order valence-corrected chi connectivity index (χ3v) is 3.82. The first-order chi connectivity index (χ1) is 9.70. The Balaban J connectivity index is 1.90. The average Bonchev–Trinajstić information content (AvgIpc) is 2.47. The van der Waals surface area contributed by atoms with Crippen LogP contribution in [0.1, 0.15) is 5.56 Å². The molecule has 0 amide bonds. The lowest BCUT2D eigenvalue weighted by Gasteiger charge is -2.37. The summed E-state index contributed by atoms with van der Waals surface area (Å²) in [7, 11) is 6.25. The van der Waals surface area contributed by atoms with Gasteiger partial charge in [0.25, 0.3) is 0 Å². The van der Waals surface area contributed by atoms with Crippen molar-refractivity contribution in [3.8, 4) is 0 Å². The predicted molar refractivity (Wildman–Crippen MR) is 84.2 cm³/mol. The normalized spacial score (nSPS) is 16.9. The molecule has 0 spiro atoms. The molecule has 20 heavy (non-hydrogen) atoms. The van der Waals surface area contributed by atoms with Crippen LogP contribution in [0.2, 0.25) is 0 Å². The van der Waals surface area contributed by atoms with Crippen LogP contribution in [0, 0.1) is 0 Å². The summed E-state index contributed by atoms with van der Waals surface area (Å²) in [5.41, 5.74) is 2.62. The van der Waals surface area contributed by atoms with Gasteiger partial charge in [-0.25, -0.2) is 0 Å². The van der Waals surface area contributed by atoms with E-state index in [1.165, 1.54) is 17.8 Å². The van der Waals surface area contributed by atoms with Crippen molar-refractivity contribution in [2.45, 2.75) is 6.54 Å². The quantitative estimate of drug-likeness (QED) is 0.818. The molecule has 0 unspecified atom stereocenters. The molecule has 1 aliphatic heterocycles. The van der Waals surface area contributed by atoms with E-state index in [1.807, 2.05) is 19.4 Å². The van der Waals surface area contributed by atoms with Crippen LogP contribution in [-0.4, -0.2) is 75.2 Å². The number of hydrogen-bond acceptors (Lipinski definition) is 5. The number of aromatic nitrogens is 1. The SMILES string of the molecule is CNCc1cnccc1N1CCN(CCN(C)C)CC1. The van der Waals surface area contributed by atoms with Crippen LogP contribution in [0.5, 0.6) is 0 Å². The Kier molecular flexibility index (Phi) is 5.76. The minimum atomic E-state index is 0.879. The van der Waals surface area contributed by atoms with Crippen molar-refractivity contribution < 1.29 is 0 Å². The lowest BCUT2D eigenvalue weighted by atomic mass is 10.2. The summed E-state index contributed by atoms with van der Waals surface area (Å²) in [4.78, 5) is 11.5. The first-order valence-corrected chi connectivity index (χ1v) is 7.40. The zero-order valence-electron chi connectivity index (χ0n) is 13.0. The Bertz CT molecular complexity index is 399. The van der Waals surface area contributed by atoms with Gasteiger partial charge >= 0.3 is 0 Å². The molecule has 1 aromatic heterocycles. The molecule has 112 valence electrons. The monoisotopic (exact) mass is 277 g/mol. The van der Waals surface area contributed by atoms with Crippen molar-refractivity contribution >= 4 is 5.69 Å². The Hall–Kier alpha value is -1.17. The second-order valence-corrected chi connectivity index (χ2v) is 5.67. The smallest absolute Gasteiger partial charge is 0.0443 e. The Labute approximate surface area is 122 Å². The average molecular weight is 277 g/mol. The van der Waals surface area contributed by atoms with Gasteiger partial charge in [-0.05, 0) is 27.2 Å². The minimum absolute atomic E-state index is 0.879. The number of nitrogens with one attached hydrogen (secondary N) is 1. The molecule has 0 atom stereocenters. The fourth-order valence-electron chi connectivity index (χ4n) is 2.61. The van der Waals surface area contributed by atoms with Crippen molar-refractivity contribution in [3.05, 3.63) is 24.0 Å². The Morgan fingerprint density at radius 1 is 1.25 bits per heavy atom. The third kappa shape index (κ3) is 4.16. The highest BCUT2D eigenvalue weighted by Crippen LogP contribution is 2.20. The van der Waals surface area contributed by atoms with Crippen LogP contribution in [0.15, 0.2) is 18.5 Å². The fraction of sp³-hybridized carbons (Fsp3) is 0.667. The highest BCUT2D eigenvalue weighted by molar-refractivity contribution is 5.52. The topological polar surface area (TPSA) is 34.6 Å². The highest BCUT2D eigenvalue weighted by Gasteiger charge is 2.18. The lowest BCUT2D eigenvalue weighted by Crippen LogP contribution is -2.48. The molecule has 1 saturated heterocycles. The van der Waals surface area contributed by atoms with Gasteiger partial charge < -0.3 is 15.1 Å². The maximum atomic E-state index is 4.24. The molecule has 5 nitrogen and oxygen atoms in total. The van der Waals surface area contributed by atoms with E-state index in [2.05, 4.69) is 45.2 Å². The first-order valence-electron chi connectivity index (χ1n) is 7.40.